The highest BCUT2D eigenvalue weighted by Gasteiger charge is 2.47. The summed E-state index contributed by atoms with van der Waals surface area (Å²) in [6.07, 6.45) is 3.53. The molecule has 1 aromatic rings. The smallest absolute Gasteiger partial charge is 0.307 e. The van der Waals surface area contributed by atoms with E-state index in [0.29, 0.717) is 11.5 Å². The van der Waals surface area contributed by atoms with Gasteiger partial charge in [-0.3, -0.25) is 19.3 Å². The molecule has 0 aromatic heterocycles. The molecule has 2 amide bonds. The Kier molecular flexibility index (Phi) is 5.98. The summed E-state index contributed by atoms with van der Waals surface area (Å²) in [6, 6.07) is 5.27. The van der Waals surface area contributed by atoms with Crippen molar-refractivity contribution in [2.75, 3.05) is 20.8 Å². The zero-order chi connectivity index (χ0) is 19.4. The normalized spacial score (nSPS) is 21.8. The molecule has 7 heteroatoms. The van der Waals surface area contributed by atoms with Crippen molar-refractivity contribution >= 4 is 17.8 Å². The molecule has 2 atom stereocenters. The molecule has 7 nitrogen and oxygen atoms in total. The summed E-state index contributed by atoms with van der Waals surface area (Å²) >= 11 is 0. The van der Waals surface area contributed by atoms with E-state index < -0.39 is 5.97 Å². The van der Waals surface area contributed by atoms with Crippen LogP contribution in [0.1, 0.15) is 37.7 Å². The second-order valence-corrected chi connectivity index (χ2v) is 6.93. The van der Waals surface area contributed by atoms with E-state index in [4.69, 9.17) is 14.2 Å². The van der Waals surface area contributed by atoms with Gasteiger partial charge < -0.3 is 14.2 Å². The van der Waals surface area contributed by atoms with Gasteiger partial charge >= 0.3 is 5.97 Å². The van der Waals surface area contributed by atoms with Gasteiger partial charge in [-0.15, -0.1) is 0 Å². The summed E-state index contributed by atoms with van der Waals surface area (Å²) in [5.41, 5.74) is 0.764. The number of likely N-dealkylation sites (tertiary alicyclic amines) is 1. The van der Waals surface area contributed by atoms with Gasteiger partial charge in [-0.1, -0.05) is 18.9 Å². The zero-order valence-corrected chi connectivity index (χ0v) is 15.7. The predicted octanol–water partition coefficient (Wildman–Crippen LogP) is 2.31. The van der Waals surface area contributed by atoms with Crippen molar-refractivity contribution in [3.8, 4) is 11.5 Å². The van der Waals surface area contributed by atoms with Gasteiger partial charge in [0.1, 0.15) is 6.61 Å². The number of amides is 2. The number of imide groups is 1. The van der Waals surface area contributed by atoms with Gasteiger partial charge in [0, 0.05) is 6.54 Å². The number of fused-ring (bicyclic) bond motifs is 1. The molecular formula is C20H25NO6. The quantitative estimate of drug-likeness (QED) is 0.537. The minimum atomic E-state index is -0.444. The third-order valence-corrected chi connectivity index (χ3v) is 5.32. The van der Waals surface area contributed by atoms with Crippen molar-refractivity contribution in [3.05, 3.63) is 23.8 Å². The van der Waals surface area contributed by atoms with Crippen LogP contribution >= 0.6 is 0 Å². The van der Waals surface area contributed by atoms with E-state index in [0.717, 1.165) is 31.2 Å². The lowest BCUT2D eigenvalue weighted by atomic mass is 9.81. The van der Waals surface area contributed by atoms with Crippen LogP contribution in [-0.2, 0) is 25.7 Å². The first-order valence-electron chi connectivity index (χ1n) is 9.27. The Morgan fingerprint density at radius 3 is 2.26 bits per heavy atom. The van der Waals surface area contributed by atoms with Gasteiger partial charge in [0.05, 0.1) is 32.5 Å². The van der Waals surface area contributed by atoms with Crippen LogP contribution in [0.5, 0.6) is 11.5 Å². The molecule has 2 aliphatic rings. The molecule has 1 heterocycles. The fourth-order valence-electron chi connectivity index (χ4n) is 3.86. The van der Waals surface area contributed by atoms with Crippen LogP contribution < -0.4 is 9.47 Å². The predicted molar refractivity (Wildman–Crippen MR) is 96.1 cm³/mol. The van der Waals surface area contributed by atoms with E-state index in [9.17, 15) is 14.4 Å². The number of rotatable bonds is 7. The molecule has 0 N–H and O–H groups in total. The molecule has 0 radical (unpaired) electrons. The Morgan fingerprint density at radius 2 is 1.67 bits per heavy atom. The van der Waals surface area contributed by atoms with E-state index >= 15 is 0 Å². The van der Waals surface area contributed by atoms with E-state index in [-0.39, 0.29) is 43.2 Å². The average molecular weight is 375 g/mol. The maximum atomic E-state index is 12.4. The molecule has 1 aliphatic heterocycles. The molecule has 1 saturated heterocycles. The molecule has 1 aromatic carbocycles. The van der Waals surface area contributed by atoms with Crippen molar-refractivity contribution in [1.82, 2.24) is 4.90 Å². The zero-order valence-electron chi connectivity index (χ0n) is 15.7. The van der Waals surface area contributed by atoms with Crippen molar-refractivity contribution in [2.45, 2.75) is 38.7 Å². The van der Waals surface area contributed by atoms with Crippen LogP contribution in [0.3, 0.4) is 0 Å². The third-order valence-electron chi connectivity index (χ3n) is 5.32. The van der Waals surface area contributed by atoms with Crippen LogP contribution in [0.25, 0.3) is 0 Å². The first kappa shape index (κ1) is 19.2. The third kappa shape index (κ3) is 4.07. The molecule has 146 valence electrons. The SMILES string of the molecule is COc1ccc(COC(=O)CCN2C(=O)[C@H]3CCCC[C@@H]3C2=O)cc1OC. The Labute approximate surface area is 158 Å². The van der Waals surface area contributed by atoms with E-state index in [1.54, 1.807) is 25.3 Å². The summed E-state index contributed by atoms with van der Waals surface area (Å²) in [6.45, 7) is 0.182. The molecule has 2 fully saturated rings. The van der Waals surface area contributed by atoms with Crippen LogP contribution in [0, 0.1) is 11.8 Å². The Balaban J connectivity index is 1.50. The fourth-order valence-corrected chi connectivity index (χ4v) is 3.86. The highest BCUT2D eigenvalue weighted by atomic mass is 16.5. The number of nitrogens with zero attached hydrogens (tertiary/aromatic N) is 1. The highest BCUT2D eigenvalue weighted by molar-refractivity contribution is 6.05. The molecule has 1 saturated carbocycles. The Bertz CT molecular complexity index is 707. The fraction of sp³-hybridized carbons (Fsp3) is 0.550. The lowest BCUT2D eigenvalue weighted by molar-refractivity contribution is -0.146. The van der Waals surface area contributed by atoms with Gasteiger partial charge in [-0.25, -0.2) is 0 Å². The Hall–Kier alpha value is -2.57. The summed E-state index contributed by atoms with van der Waals surface area (Å²) in [4.78, 5) is 38.1. The number of hydrogen-bond donors (Lipinski definition) is 0. The number of hydrogen-bond acceptors (Lipinski definition) is 6. The minimum absolute atomic E-state index is 0.00418. The van der Waals surface area contributed by atoms with Crippen molar-refractivity contribution in [1.29, 1.82) is 0 Å². The van der Waals surface area contributed by atoms with Crippen LogP contribution in [-0.4, -0.2) is 43.4 Å². The molecule has 27 heavy (non-hydrogen) atoms. The maximum Gasteiger partial charge on any atom is 0.307 e. The first-order valence-corrected chi connectivity index (χ1v) is 9.27. The van der Waals surface area contributed by atoms with Crippen LogP contribution in [0.4, 0.5) is 0 Å². The second-order valence-electron chi connectivity index (χ2n) is 6.93. The number of ether oxygens (including phenoxy) is 3. The molecule has 0 spiro atoms. The summed E-state index contributed by atoms with van der Waals surface area (Å²) < 4.78 is 15.7. The van der Waals surface area contributed by atoms with Gasteiger partial charge in [0.2, 0.25) is 11.8 Å². The minimum Gasteiger partial charge on any atom is -0.493 e. The molecule has 3 rings (SSSR count). The average Bonchev–Trinajstić information content (AvgIpc) is 2.95. The molecule has 0 unspecified atom stereocenters. The monoisotopic (exact) mass is 375 g/mol. The molecular weight excluding hydrogens is 350 g/mol. The van der Waals surface area contributed by atoms with Gasteiger partial charge in [0.25, 0.3) is 0 Å². The second kappa shape index (κ2) is 8.41. The number of carbonyl (C=O) groups is 3. The van der Waals surface area contributed by atoms with E-state index in [1.165, 1.54) is 12.0 Å². The molecule has 0 bridgehead atoms. The van der Waals surface area contributed by atoms with Gasteiger partial charge in [0.15, 0.2) is 11.5 Å². The number of benzene rings is 1. The Morgan fingerprint density at radius 1 is 1.04 bits per heavy atom. The van der Waals surface area contributed by atoms with Gasteiger partial charge in [-0.05, 0) is 30.5 Å². The van der Waals surface area contributed by atoms with Crippen molar-refractivity contribution in [3.63, 3.8) is 0 Å². The van der Waals surface area contributed by atoms with Crippen molar-refractivity contribution < 1.29 is 28.6 Å². The number of carbonyl (C=O) groups excluding carboxylic acids is 3. The number of methoxy groups -OCH3 is 2. The highest BCUT2D eigenvalue weighted by Crippen LogP contribution is 2.38. The number of esters is 1. The summed E-state index contributed by atoms with van der Waals surface area (Å²) in [7, 11) is 3.09. The topological polar surface area (TPSA) is 82.1 Å². The lowest BCUT2D eigenvalue weighted by Crippen LogP contribution is -2.33. The van der Waals surface area contributed by atoms with Crippen LogP contribution in [0.15, 0.2) is 18.2 Å². The maximum absolute atomic E-state index is 12.4. The first-order chi connectivity index (χ1) is 13.0. The van der Waals surface area contributed by atoms with E-state index in [2.05, 4.69) is 0 Å². The van der Waals surface area contributed by atoms with Gasteiger partial charge in [-0.2, -0.15) is 0 Å². The summed E-state index contributed by atoms with van der Waals surface area (Å²) in [5.74, 6) is 0.0834. The van der Waals surface area contributed by atoms with Crippen LogP contribution in [0.2, 0.25) is 0 Å². The van der Waals surface area contributed by atoms with E-state index in [1.807, 2.05) is 0 Å². The van der Waals surface area contributed by atoms with Crippen molar-refractivity contribution in [2.24, 2.45) is 11.8 Å². The summed E-state index contributed by atoms with van der Waals surface area (Å²) in [5, 5.41) is 0. The standard InChI is InChI=1S/C20H25NO6/c1-25-16-8-7-13(11-17(16)26-2)12-27-18(22)9-10-21-19(23)14-5-3-4-6-15(14)20(21)24/h7-8,11,14-15H,3-6,9-10,12H2,1-2H3/t14-,15-/m0/s1. The lowest BCUT2D eigenvalue weighted by Gasteiger charge is -2.19. The largest absolute Gasteiger partial charge is 0.493 e. The molecule has 1 aliphatic carbocycles.